The van der Waals surface area contributed by atoms with Crippen molar-refractivity contribution in [2.24, 2.45) is 0 Å². The number of ketones is 1. The van der Waals surface area contributed by atoms with E-state index in [9.17, 15) is 9.90 Å². The molecule has 3 fully saturated rings. The van der Waals surface area contributed by atoms with Gasteiger partial charge in [-0.3, -0.25) is 4.79 Å². The van der Waals surface area contributed by atoms with Crippen molar-refractivity contribution in [1.29, 1.82) is 0 Å². The molecule has 4 heteroatoms. The van der Waals surface area contributed by atoms with Crippen LogP contribution < -0.4 is 0 Å². The summed E-state index contributed by atoms with van der Waals surface area (Å²) >= 11 is 0. The first-order valence-corrected chi connectivity index (χ1v) is 6.21. The third-order valence-corrected chi connectivity index (χ3v) is 4.38. The Balaban J connectivity index is 2.01. The molecule has 0 radical (unpaired) electrons. The molecule has 2 heterocycles. The summed E-state index contributed by atoms with van der Waals surface area (Å²) in [5.74, 6) is -0.141. The van der Waals surface area contributed by atoms with Crippen molar-refractivity contribution in [2.45, 2.75) is 55.8 Å². The van der Waals surface area contributed by atoms with Crippen LogP contribution >= 0.6 is 0 Å². The molecule has 3 aliphatic rings. The number of ether oxygens (including phenoxy) is 2. The second-order valence-corrected chi connectivity index (χ2v) is 5.14. The normalized spacial score (nSPS) is 48.3. The SMILES string of the molecule is O=C1[C@H](O)CC[C@@]2(CCCO2)[C@@]12CCCO2. The van der Waals surface area contributed by atoms with Crippen molar-refractivity contribution < 1.29 is 19.4 Å². The van der Waals surface area contributed by atoms with E-state index in [1.54, 1.807) is 0 Å². The molecular weight excluding hydrogens is 208 g/mol. The molecule has 90 valence electrons. The highest BCUT2D eigenvalue weighted by molar-refractivity contribution is 5.93. The first kappa shape index (κ1) is 10.7. The van der Waals surface area contributed by atoms with Gasteiger partial charge < -0.3 is 14.6 Å². The lowest BCUT2D eigenvalue weighted by atomic mass is 9.67. The standard InChI is InChI=1S/C12H18O4/c13-9-3-6-11(4-1-7-15-11)12(10(9)14)5-2-8-16-12/h9,13H,1-8H2/t9-,11+,12-/m1/s1. The molecule has 1 saturated carbocycles. The maximum atomic E-state index is 12.3. The van der Waals surface area contributed by atoms with Gasteiger partial charge in [0.25, 0.3) is 0 Å². The number of hydrogen-bond acceptors (Lipinski definition) is 4. The van der Waals surface area contributed by atoms with Gasteiger partial charge in [0.2, 0.25) is 0 Å². The van der Waals surface area contributed by atoms with Gasteiger partial charge in [-0.15, -0.1) is 0 Å². The van der Waals surface area contributed by atoms with Crippen molar-refractivity contribution in [3.05, 3.63) is 0 Å². The average Bonchev–Trinajstić information content (AvgIpc) is 2.93. The summed E-state index contributed by atoms with van der Waals surface area (Å²) in [6.45, 7) is 1.33. The monoisotopic (exact) mass is 226 g/mol. The van der Waals surface area contributed by atoms with Gasteiger partial charge in [0.05, 0.1) is 0 Å². The highest BCUT2D eigenvalue weighted by Crippen LogP contribution is 2.50. The molecule has 4 nitrogen and oxygen atoms in total. The van der Waals surface area contributed by atoms with Gasteiger partial charge in [-0.25, -0.2) is 0 Å². The molecule has 3 atom stereocenters. The van der Waals surface area contributed by atoms with E-state index in [0.717, 1.165) is 25.7 Å². The summed E-state index contributed by atoms with van der Waals surface area (Å²) in [6, 6.07) is 0. The van der Waals surface area contributed by atoms with E-state index < -0.39 is 17.3 Å². The first-order chi connectivity index (χ1) is 7.70. The second-order valence-electron chi connectivity index (χ2n) is 5.14. The lowest BCUT2D eigenvalue weighted by Gasteiger charge is -2.48. The van der Waals surface area contributed by atoms with Gasteiger partial charge in [-0.05, 0) is 38.5 Å². The van der Waals surface area contributed by atoms with Crippen LogP contribution in [0.2, 0.25) is 0 Å². The number of aliphatic hydroxyl groups is 1. The van der Waals surface area contributed by atoms with Crippen molar-refractivity contribution in [2.75, 3.05) is 13.2 Å². The minimum atomic E-state index is -0.854. The fraction of sp³-hybridized carbons (Fsp3) is 0.917. The maximum absolute atomic E-state index is 12.3. The molecule has 1 N–H and O–H groups in total. The van der Waals surface area contributed by atoms with E-state index >= 15 is 0 Å². The predicted octanol–water partition coefficient (Wildman–Crippen LogP) is 0.809. The topological polar surface area (TPSA) is 55.8 Å². The summed E-state index contributed by atoms with van der Waals surface area (Å²) in [5, 5.41) is 9.76. The van der Waals surface area contributed by atoms with E-state index in [-0.39, 0.29) is 5.78 Å². The second kappa shape index (κ2) is 3.52. The molecule has 3 rings (SSSR count). The van der Waals surface area contributed by atoms with Gasteiger partial charge in [0.1, 0.15) is 11.7 Å². The van der Waals surface area contributed by atoms with E-state index in [2.05, 4.69) is 0 Å². The molecule has 2 aliphatic heterocycles. The van der Waals surface area contributed by atoms with Crippen LogP contribution in [0.1, 0.15) is 38.5 Å². The Morgan fingerprint density at radius 3 is 2.50 bits per heavy atom. The van der Waals surface area contributed by atoms with E-state index in [1.165, 1.54) is 0 Å². The van der Waals surface area contributed by atoms with Crippen LogP contribution in [0.15, 0.2) is 0 Å². The van der Waals surface area contributed by atoms with Crippen molar-refractivity contribution in [3.8, 4) is 0 Å². The molecule has 0 aromatic rings. The maximum Gasteiger partial charge on any atom is 0.195 e. The number of aliphatic hydroxyl groups excluding tert-OH is 1. The Kier molecular flexibility index (Phi) is 2.35. The highest BCUT2D eigenvalue weighted by Gasteiger charge is 2.64. The van der Waals surface area contributed by atoms with Gasteiger partial charge >= 0.3 is 0 Å². The zero-order chi connectivity index (χ0) is 11.2. The van der Waals surface area contributed by atoms with E-state index in [1.807, 2.05) is 0 Å². The van der Waals surface area contributed by atoms with E-state index in [0.29, 0.717) is 26.1 Å². The molecule has 0 unspecified atom stereocenters. The number of carbonyl (C=O) groups excluding carboxylic acids is 1. The summed E-state index contributed by atoms with van der Waals surface area (Å²) in [6.07, 6.45) is 3.91. The third kappa shape index (κ3) is 1.18. The molecule has 16 heavy (non-hydrogen) atoms. The molecule has 0 aromatic heterocycles. The Morgan fingerprint density at radius 2 is 1.88 bits per heavy atom. The number of fused-ring (bicyclic) bond motifs is 1. The quantitative estimate of drug-likeness (QED) is 0.664. The molecule has 2 saturated heterocycles. The summed E-state index contributed by atoms with van der Waals surface area (Å²) in [4.78, 5) is 12.3. The molecule has 1 aliphatic carbocycles. The number of Topliss-reactive ketones (excluding diaryl/α,β-unsaturated/α-hetero) is 1. The largest absolute Gasteiger partial charge is 0.385 e. The van der Waals surface area contributed by atoms with Gasteiger partial charge in [0.15, 0.2) is 11.4 Å². The van der Waals surface area contributed by atoms with Gasteiger partial charge in [-0.1, -0.05) is 0 Å². The van der Waals surface area contributed by atoms with Crippen LogP contribution in [0.3, 0.4) is 0 Å². The van der Waals surface area contributed by atoms with Gasteiger partial charge in [-0.2, -0.15) is 0 Å². The molecule has 2 spiro atoms. The number of rotatable bonds is 0. The fourth-order valence-corrected chi connectivity index (χ4v) is 3.60. The summed E-state index contributed by atoms with van der Waals surface area (Å²) in [5.41, 5.74) is -1.26. The van der Waals surface area contributed by atoms with Crippen LogP contribution in [0.5, 0.6) is 0 Å². The smallest absolute Gasteiger partial charge is 0.195 e. The molecule has 0 amide bonds. The lowest BCUT2D eigenvalue weighted by molar-refractivity contribution is -0.202. The highest BCUT2D eigenvalue weighted by atomic mass is 16.6. The molecule has 0 aromatic carbocycles. The number of hydrogen-bond donors (Lipinski definition) is 1. The zero-order valence-corrected chi connectivity index (χ0v) is 9.41. The Labute approximate surface area is 94.9 Å². The van der Waals surface area contributed by atoms with Gasteiger partial charge in [0, 0.05) is 13.2 Å². The lowest BCUT2D eigenvalue weighted by Crippen LogP contribution is -2.64. The Hall–Kier alpha value is -0.450. The van der Waals surface area contributed by atoms with Crippen molar-refractivity contribution in [3.63, 3.8) is 0 Å². The molecule has 0 bridgehead atoms. The number of carbonyl (C=O) groups is 1. The van der Waals surface area contributed by atoms with Crippen LogP contribution in [-0.2, 0) is 14.3 Å². The van der Waals surface area contributed by atoms with Crippen LogP contribution in [0.4, 0.5) is 0 Å². The Bertz CT molecular complexity index is 300. The van der Waals surface area contributed by atoms with Crippen LogP contribution in [0.25, 0.3) is 0 Å². The minimum Gasteiger partial charge on any atom is -0.385 e. The van der Waals surface area contributed by atoms with E-state index in [4.69, 9.17) is 9.47 Å². The zero-order valence-electron chi connectivity index (χ0n) is 9.41. The minimum absolute atomic E-state index is 0.141. The molecular formula is C12H18O4. The average molecular weight is 226 g/mol. The fourth-order valence-electron chi connectivity index (χ4n) is 3.60. The summed E-state index contributed by atoms with van der Waals surface area (Å²) in [7, 11) is 0. The Morgan fingerprint density at radius 1 is 1.12 bits per heavy atom. The summed E-state index contributed by atoms with van der Waals surface area (Å²) < 4.78 is 11.6. The predicted molar refractivity (Wildman–Crippen MR) is 56.1 cm³/mol. The first-order valence-electron chi connectivity index (χ1n) is 6.21. The van der Waals surface area contributed by atoms with Crippen LogP contribution in [-0.4, -0.2) is 41.4 Å². The third-order valence-electron chi connectivity index (χ3n) is 4.38. The van der Waals surface area contributed by atoms with Crippen molar-refractivity contribution in [1.82, 2.24) is 0 Å². The van der Waals surface area contributed by atoms with Crippen molar-refractivity contribution >= 4 is 5.78 Å². The van der Waals surface area contributed by atoms with Crippen LogP contribution in [0, 0.1) is 0 Å².